The average Bonchev–Trinajstić information content (AvgIpc) is 2.90. The number of hydrogen-bond donors (Lipinski definition) is 1. The predicted octanol–water partition coefficient (Wildman–Crippen LogP) is 2.89. The smallest absolute Gasteiger partial charge is 0.0522 e. The van der Waals surface area contributed by atoms with E-state index in [4.69, 9.17) is 0 Å². The maximum atomic E-state index is 4.21. The minimum Gasteiger partial charge on any atom is -0.366 e. The lowest BCUT2D eigenvalue weighted by molar-refractivity contribution is 0.784. The van der Waals surface area contributed by atoms with E-state index in [9.17, 15) is 0 Å². The SMILES string of the molecule is CCN(Cc1cccs1)c1ccncc1CNC. The monoisotopic (exact) mass is 261 g/mol. The third-order valence-corrected chi connectivity index (χ3v) is 3.76. The average molecular weight is 261 g/mol. The molecule has 18 heavy (non-hydrogen) atoms. The van der Waals surface area contributed by atoms with Crippen LogP contribution < -0.4 is 10.2 Å². The molecule has 0 aliphatic rings. The summed E-state index contributed by atoms with van der Waals surface area (Å²) in [6, 6.07) is 6.39. The van der Waals surface area contributed by atoms with Gasteiger partial charge in [-0.3, -0.25) is 4.98 Å². The Morgan fingerprint density at radius 2 is 2.28 bits per heavy atom. The molecule has 0 aliphatic carbocycles. The number of hydrogen-bond acceptors (Lipinski definition) is 4. The van der Waals surface area contributed by atoms with Crippen molar-refractivity contribution in [2.75, 3.05) is 18.5 Å². The number of nitrogens with one attached hydrogen (secondary N) is 1. The van der Waals surface area contributed by atoms with E-state index in [1.807, 2.05) is 30.8 Å². The van der Waals surface area contributed by atoms with Gasteiger partial charge in [0.2, 0.25) is 0 Å². The van der Waals surface area contributed by atoms with Gasteiger partial charge in [0.1, 0.15) is 0 Å². The molecule has 0 radical (unpaired) electrons. The summed E-state index contributed by atoms with van der Waals surface area (Å²) >= 11 is 1.81. The van der Waals surface area contributed by atoms with Crippen LogP contribution in [-0.4, -0.2) is 18.6 Å². The third kappa shape index (κ3) is 3.09. The van der Waals surface area contributed by atoms with Gasteiger partial charge in [0, 0.05) is 41.6 Å². The number of pyridine rings is 1. The summed E-state index contributed by atoms with van der Waals surface area (Å²) in [6.07, 6.45) is 3.81. The lowest BCUT2D eigenvalue weighted by Gasteiger charge is -2.25. The van der Waals surface area contributed by atoms with Crippen molar-refractivity contribution >= 4 is 17.0 Å². The molecular weight excluding hydrogens is 242 g/mol. The molecule has 0 saturated carbocycles. The van der Waals surface area contributed by atoms with Gasteiger partial charge in [0.05, 0.1) is 6.54 Å². The minimum absolute atomic E-state index is 0.851. The van der Waals surface area contributed by atoms with Crippen molar-refractivity contribution in [2.24, 2.45) is 0 Å². The number of aromatic nitrogens is 1. The predicted molar refractivity (Wildman–Crippen MR) is 78.0 cm³/mol. The van der Waals surface area contributed by atoms with Gasteiger partial charge in [-0.2, -0.15) is 0 Å². The summed E-state index contributed by atoms with van der Waals surface area (Å²) in [7, 11) is 1.96. The molecular formula is C14H19N3S. The normalized spacial score (nSPS) is 10.6. The molecule has 0 aromatic carbocycles. The number of thiophene rings is 1. The van der Waals surface area contributed by atoms with Gasteiger partial charge in [0.15, 0.2) is 0 Å². The maximum absolute atomic E-state index is 4.21. The van der Waals surface area contributed by atoms with Crippen LogP contribution in [0, 0.1) is 0 Å². The lowest BCUT2D eigenvalue weighted by Crippen LogP contribution is -2.23. The Hall–Kier alpha value is -1.39. The molecule has 0 amide bonds. The molecule has 1 N–H and O–H groups in total. The fourth-order valence-corrected chi connectivity index (χ4v) is 2.73. The van der Waals surface area contributed by atoms with E-state index < -0.39 is 0 Å². The molecule has 0 aliphatic heterocycles. The largest absolute Gasteiger partial charge is 0.366 e. The molecule has 2 heterocycles. The number of nitrogens with zero attached hydrogens (tertiary/aromatic N) is 2. The summed E-state index contributed by atoms with van der Waals surface area (Å²) in [5, 5.41) is 5.33. The first-order chi connectivity index (χ1) is 8.85. The third-order valence-electron chi connectivity index (χ3n) is 2.89. The topological polar surface area (TPSA) is 28.2 Å². The van der Waals surface area contributed by atoms with Crippen LogP contribution in [0.1, 0.15) is 17.4 Å². The molecule has 2 aromatic heterocycles. The summed E-state index contributed by atoms with van der Waals surface area (Å²) in [4.78, 5) is 8.00. The molecule has 0 spiro atoms. The molecule has 0 saturated heterocycles. The van der Waals surface area contributed by atoms with Crippen molar-refractivity contribution in [2.45, 2.75) is 20.0 Å². The second-order valence-corrected chi connectivity index (χ2v) is 5.16. The highest BCUT2D eigenvalue weighted by molar-refractivity contribution is 7.09. The lowest BCUT2D eigenvalue weighted by atomic mass is 10.2. The van der Waals surface area contributed by atoms with Gasteiger partial charge >= 0.3 is 0 Å². The van der Waals surface area contributed by atoms with Crippen LogP contribution in [0.5, 0.6) is 0 Å². The van der Waals surface area contributed by atoms with Crippen molar-refractivity contribution < 1.29 is 0 Å². The highest BCUT2D eigenvalue weighted by Crippen LogP contribution is 2.22. The van der Waals surface area contributed by atoms with Gasteiger partial charge in [-0.05, 0) is 31.5 Å². The molecule has 0 bridgehead atoms. The van der Waals surface area contributed by atoms with Gasteiger partial charge < -0.3 is 10.2 Å². The maximum Gasteiger partial charge on any atom is 0.0522 e. The van der Waals surface area contributed by atoms with Crippen LogP contribution in [-0.2, 0) is 13.1 Å². The number of anilines is 1. The van der Waals surface area contributed by atoms with Crippen molar-refractivity contribution in [3.8, 4) is 0 Å². The fraction of sp³-hybridized carbons (Fsp3) is 0.357. The van der Waals surface area contributed by atoms with Gasteiger partial charge in [-0.25, -0.2) is 0 Å². The number of rotatable bonds is 6. The zero-order chi connectivity index (χ0) is 12.8. The Balaban J connectivity index is 2.21. The van der Waals surface area contributed by atoms with E-state index in [0.717, 1.165) is 19.6 Å². The van der Waals surface area contributed by atoms with E-state index in [0.29, 0.717) is 0 Å². The molecule has 3 nitrogen and oxygen atoms in total. The second kappa shape index (κ2) is 6.52. The molecule has 0 atom stereocenters. The highest BCUT2D eigenvalue weighted by atomic mass is 32.1. The molecule has 96 valence electrons. The fourth-order valence-electron chi connectivity index (χ4n) is 2.01. The Morgan fingerprint density at radius 3 is 2.94 bits per heavy atom. The Kier molecular flexibility index (Phi) is 4.73. The van der Waals surface area contributed by atoms with Crippen LogP contribution in [0.25, 0.3) is 0 Å². The van der Waals surface area contributed by atoms with E-state index in [1.54, 1.807) is 0 Å². The van der Waals surface area contributed by atoms with Crippen molar-refractivity contribution in [1.29, 1.82) is 0 Å². The summed E-state index contributed by atoms with van der Waals surface area (Å²) in [6.45, 7) is 5.01. The van der Waals surface area contributed by atoms with Crippen molar-refractivity contribution in [1.82, 2.24) is 10.3 Å². The van der Waals surface area contributed by atoms with Gasteiger partial charge in [-0.15, -0.1) is 11.3 Å². The summed E-state index contributed by atoms with van der Waals surface area (Å²) < 4.78 is 0. The first kappa shape index (κ1) is 13.1. The standard InChI is InChI=1S/C14H19N3S/c1-3-17(11-13-5-4-8-18-13)14-6-7-16-10-12(14)9-15-2/h4-8,10,15H,3,9,11H2,1-2H3. The molecule has 0 fully saturated rings. The quantitative estimate of drug-likeness (QED) is 0.866. The highest BCUT2D eigenvalue weighted by Gasteiger charge is 2.10. The Morgan fingerprint density at radius 1 is 1.39 bits per heavy atom. The van der Waals surface area contributed by atoms with Gasteiger partial charge in [0.25, 0.3) is 0 Å². The van der Waals surface area contributed by atoms with Crippen molar-refractivity contribution in [3.05, 3.63) is 46.4 Å². The summed E-state index contributed by atoms with van der Waals surface area (Å²) in [5.74, 6) is 0. The Labute approximate surface area is 112 Å². The molecule has 0 unspecified atom stereocenters. The van der Waals surface area contributed by atoms with Crippen LogP contribution in [0.2, 0.25) is 0 Å². The van der Waals surface area contributed by atoms with Crippen LogP contribution in [0.3, 0.4) is 0 Å². The van der Waals surface area contributed by atoms with E-state index >= 15 is 0 Å². The Bertz CT molecular complexity index is 468. The van der Waals surface area contributed by atoms with Crippen molar-refractivity contribution in [3.63, 3.8) is 0 Å². The van der Waals surface area contributed by atoms with E-state index in [-0.39, 0.29) is 0 Å². The van der Waals surface area contributed by atoms with E-state index in [2.05, 4.69) is 45.7 Å². The second-order valence-electron chi connectivity index (χ2n) is 4.13. The first-order valence-corrected chi connectivity index (χ1v) is 7.08. The van der Waals surface area contributed by atoms with Gasteiger partial charge in [-0.1, -0.05) is 6.07 Å². The van der Waals surface area contributed by atoms with Crippen LogP contribution >= 0.6 is 11.3 Å². The molecule has 2 aromatic rings. The molecule has 2 rings (SSSR count). The zero-order valence-electron chi connectivity index (χ0n) is 10.9. The summed E-state index contributed by atoms with van der Waals surface area (Å²) in [5.41, 5.74) is 2.52. The minimum atomic E-state index is 0.851. The van der Waals surface area contributed by atoms with Crippen LogP contribution in [0.4, 0.5) is 5.69 Å². The van der Waals surface area contributed by atoms with Crippen LogP contribution in [0.15, 0.2) is 36.0 Å². The zero-order valence-corrected chi connectivity index (χ0v) is 11.7. The molecule has 4 heteroatoms. The first-order valence-electron chi connectivity index (χ1n) is 6.20. The van der Waals surface area contributed by atoms with E-state index in [1.165, 1.54) is 16.1 Å².